The minimum Gasteiger partial charge on any atom is -0.465 e. The fraction of sp³-hybridized carbons (Fsp3) is 0.318. The molecule has 2 unspecified atom stereocenters. The molecular formula is C22H24N2O4. The molecular weight excluding hydrogens is 356 g/mol. The summed E-state index contributed by atoms with van der Waals surface area (Å²) in [7, 11) is 1.29. The summed E-state index contributed by atoms with van der Waals surface area (Å²) in [4.78, 5) is 36.7. The Balaban J connectivity index is 1.58. The largest absolute Gasteiger partial charge is 0.465 e. The zero-order valence-electron chi connectivity index (χ0n) is 16.2. The fourth-order valence-corrected chi connectivity index (χ4v) is 3.07. The van der Waals surface area contributed by atoms with E-state index in [2.05, 4.69) is 24.5 Å². The summed E-state index contributed by atoms with van der Waals surface area (Å²) in [6, 6.07) is 14.4. The maximum atomic E-state index is 12.5. The van der Waals surface area contributed by atoms with Gasteiger partial charge >= 0.3 is 5.97 Å². The number of ether oxygens (including phenoxy) is 1. The molecule has 1 fully saturated rings. The average molecular weight is 380 g/mol. The van der Waals surface area contributed by atoms with E-state index in [0.717, 1.165) is 5.69 Å². The minimum absolute atomic E-state index is 0.168. The van der Waals surface area contributed by atoms with Gasteiger partial charge in [0.1, 0.15) is 0 Å². The van der Waals surface area contributed by atoms with Gasteiger partial charge in [0.05, 0.1) is 30.2 Å². The molecule has 0 heterocycles. The number of para-hydroxylation sites is 1. The van der Waals surface area contributed by atoms with E-state index in [1.54, 1.807) is 24.3 Å². The number of nitrogens with one attached hydrogen (secondary N) is 2. The molecule has 3 rings (SSSR count). The van der Waals surface area contributed by atoms with Gasteiger partial charge in [0.25, 0.3) is 0 Å². The molecule has 146 valence electrons. The molecule has 1 aliphatic rings. The van der Waals surface area contributed by atoms with Gasteiger partial charge in [-0.1, -0.05) is 38.1 Å². The van der Waals surface area contributed by atoms with Crippen LogP contribution in [0.5, 0.6) is 0 Å². The van der Waals surface area contributed by atoms with Crippen LogP contribution in [0.4, 0.5) is 11.4 Å². The van der Waals surface area contributed by atoms with Crippen LogP contribution in [-0.4, -0.2) is 24.9 Å². The summed E-state index contributed by atoms with van der Waals surface area (Å²) in [6.45, 7) is 4.22. The average Bonchev–Trinajstić information content (AvgIpc) is 3.49. The Hall–Kier alpha value is -3.15. The zero-order chi connectivity index (χ0) is 20.3. The molecule has 2 aromatic rings. The van der Waals surface area contributed by atoms with E-state index >= 15 is 0 Å². The molecule has 6 heteroatoms. The van der Waals surface area contributed by atoms with Crippen LogP contribution in [0, 0.1) is 11.8 Å². The van der Waals surface area contributed by atoms with Crippen molar-refractivity contribution in [1.29, 1.82) is 0 Å². The van der Waals surface area contributed by atoms with E-state index in [-0.39, 0.29) is 23.3 Å². The molecule has 2 amide bonds. The summed E-state index contributed by atoms with van der Waals surface area (Å²) in [6.07, 6.45) is 0.488. The molecule has 2 atom stereocenters. The van der Waals surface area contributed by atoms with Crippen molar-refractivity contribution in [3.05, 3.63) is 59.7 Å². The summed E-state index contributed by atoms with van der Waals surface area (Å²) >= 11 is 0. The van der Waals surface area contributed by atoms with Gasteiger partial charge in [-0.25, -0.2) is 4.79 Å². The normalized spacial score (nSPS) is 17.7. The van der Waals surface area contributed by atoms with Crippen molar-refractivity contribution in [2.45, 2.75) is 26.2 Å². The van der Waals surface area contributed by atoms with Crippen molar-refractivity contribution in [2.24, 2.45) is 11.8 Å². The van der Waals surface area contributed by atoms with E-state index in [0.29, 0.717) is 18.0 Å². The third-order valence-electron chi connectivity index (χ3n) is 4.90. The lowest BCUT2D eigenvalue weighted by molar-refractivity contribution is -0.122. The summed E-state index contributed by atoms with van der Waals surface area (Å²) < 4.78 is 4.73. The van der Waals surface area contributed by atoms with Crippen LogP contribution in [0.15, 0.2) is 48.5 Å². The van der Waals surface area contributed by atoms with E-state index in [1.807, 2.05) is 24.3 Å². The fourth-order valence-electron chi connectivity index (χ4n) is 3.07. The Morgan fingerprint density at radius 1 is 0.929 bits per heavy atom. The van der Waals surface area contributed by atoms with E-state index < -0.39 is 11.9 Å². The maximum Gasteiger partial charge on any atom is 0.339 e. The van der Waals surface area contributed by atoms with Gasteiger partial charge in [0, 0.05) is 5.69 Å². The smallest absolute Gasteiger partial charge is 0.339 e. The van der Waals surface area contributed by atoms with Crippen LogP contribution in [-0.2, 0) is 14.3 Å². The molecule has 1 aliphatic carbocycles. The first-order valence-corrected chi connectivity index (χ1v) is 9.29. The summed E-state index contributed by atoms with van der Waals surface area (Å²) in [5.74, 6) is -1.30. The number of benzene rings is 2. The molecule has 28 heavy (non-hydrogen) atoms. The lowest BCUT2D eigenvalue weighted by atomic mass is 10.0. The first kappa shape index (κ1) is 19.6. The van der Waals surface area contributed by atoms with Crippen LogP contribution in [0.2, 0.25) is 0 Å². The Labute approximate surface area is 164 Å². The first-order chi connectivity index (χ1) is 13.4. The van der Waals surface area contributed by atoms with Gasteiger partial charge in [0.2, 0.25) is 11.8 Å². The number of carbonyl (C=O) groups excluding carboxylic acids is 3. The Morgan fingerprint density at radius 3 is 2.14 bits per heavy atom. The number of hydrogen-bond acceptors (Lipinski definition) is 4. The first-order valence-electron chi connectivity index (χ1n) is 9.29. The number of hydrogen-bond donors (Lipinski definition) is 2. The van der Waals surface area contributed by atoms with Crippen LogP contribution >= 0.6 is 0 Å². The van der Waals surface area contributed by atoms with E-state index in [4.69, 9.17) is 4.74 Å². The minimum atomic E-state index is -0.522. The monoisotopic (exact) mass is 380 g/mol. The molecule has 0 aromatic heterocycles. The molecule has 0 aliphatic heterocycles. The van der Waals surface area contributed by atoms with Crippen molar-refractivity contribution < 1.29 is 19.1 Å². The van der Waals surface area contributed by atoms with Gasteiger partial charge < -0.3 is 15.4 Å². The number of esters is 1. The lowest BCUT2D eigenvalue weighted by Crippen LogP contribution is -2.21. The summed E-state index contributed by atoms with van der Waals surface area (Å²) in [5, 5.41) is 5.60. The van der Waals surface area contributed by atoms with Crippen molar-refractivity contribution in [1.82, 2.24) is 0 Å². The van der Waals surface area contributed by atoms with Gasteiger partial charge in [-0.2, -0.15) is 0 Å². The van der Waals surface area contributed by atoms with Crippen molar-refractivity contribution in [3.63, 3.8) is 0 Å². The third kappa shape index (κ3) is 4.39. The second kappa shape index (κ2) is 8.25. The zero-order valence-corrected chi connectivity index (χ0v) is 16.2. The summed E-state index contributed by atoms with van der Waals surface area (Å²) in [5.41, 5.74) is 2.59. The van der Waals surface area contributed by atoms with Gasteiger partial charge in [0.15, 0.2) is 0 Å². The Kier molecular flexibility index (Phi) is 5.78. The maximum absolute atomic E-state index is 12.5. The highest BCUT2D eigenvalue weighted by Gasteiger charge is 2.48. The predicted molar refractivity (Wildman–Crippen MR) is 107 cm³/mol. The van der Waals surface area contributed by atoms with Gasteiger partial charge in [-0.15, -0.1) is 0 Å². The second-order valence-electron chi connectivity index (χ2n) is 7.24. The molecule has 1 saturated carbocycles. The van der Waals surface area contributed by atoms with E-state index in [9.17, 15) is 14.4 Å². The third-order valence-corrected chi connectivity index (χ3v) is 4.90. The molecule has 6 nitrogen and oxygen atoms in total. The number of amides is 2. The molecule has 0 spiro atoms. The highest BCUT2D eigenvalue weighted by molar-refractivity contribution is 6.06. The highest BCUT2D eigenvalue weighted by Crippen LogP contribution is 2.40. The predicted octanol–water partition coefficient (Wildman–Crippen LogP) is 3.81. The molecule has 0 bridgehead atoms. The highest BCUT2D eigenvalue weighted by atomic mass is 16.5. The molecule has 2 aromatic carbocycles. The van der Waals surface area contributed by atoms with Crippen molar-refractivity contribution in [3.8, 4) is 0 Å². The standard InChI is InChI=1S/C22H24N2O4/c1-13(2)14-8-10-15(11-9-14)23-20(25)17-12-18(17)21(26)24-19-7-5-4-6-16(19)22(27)28-3/h4-11,13,17-18H,12H2,1-3H3,(H,23,25)(H,24,26). The number of methoxy groups -OCH3 is 1. The second-order valence-corrected chi connectivity index (χ2v) is 7.24. The molecule has 0 radical (unpaired) electrons. The Morgan fingerprint density at radius 2 is 1.54 bits per heavy atom. The topological polar surface area (TPSA) is 84.5 Å². The molecule has 0 saturated heterocycles. The van der Waals surface area contributed by atoms with Gasteiger partial charge in [-0.05, 0) is 42.2 Å². The molecule has 2 N–H and O–H groups in total. The van der Waals surface area contributed by atoms with Crippen LogP contribution < -0.4 is 10.6 Å². The van der Waals surface area contributed by atoms with Crippen molar-refractivity contribution in [2.75, 3.05) is 17.7 Å². The van der Waals surface area contributed by atoms with Gasteiger partial charge in [-0.3, -0.25) is 9.59 Å². The number of rotatable bonds is 6. The lowest BCUT2D eigenvalue weighted by Gasteiger charge is -2.10. The van der Waals surface area contributed by atoms with Crippen LogP contribution in [0.25, 0.3) is 0 Å². The van der Waals surface area contributed by atoms with Crippen molar-refractivity contribution >= 4 is 29.2 Å². The van der Waals surface area contributed by atoms with E-state index in [1.165, 1.54) is 12.7 Å². The number of carbonyl (C=O) groups is 3. The quantitative estimate of drug-likeness (QED) is 0.747. The van der Waals surface area contributed by atoms with Crippen LogP contribution in [0.1, 0.15) is 42.1 Å². The SMILES string of the molecule is COC(=O)c1ccccc1NC(=O)C1CC1C(=O)Nc1ccc(C(C)C)cc1. The van der Waals surface area contributed by atoms with Crippen LogP contribution in [0.3, 0.4) is 0 Å². The number of anilines is 2. The Bertz CT molecular complexity index is 890.